The molecule has 0 unspecified atom stereocenters. The van der Waals surface area contributed by atoms with Gasteiger partial charge in [-0.25, -0.2) is 5.43 Å². The number of hydrazone groups is 1. The van der Waals surface area contributed by atoms with Crippen LogP contribution < -0.4 is 5.43 Å². The number of hydrogen-bond acceptors (Lipinski definition) is 3. The van der Waals surface area contributed by atoms with E-state index >= 15 is 0 Å². The minimum Gasteiger partial charge on any atom is -0.273 e. The van der Waals surface area contributed by atoms with Crippen LogP contribution in [0.15, 0.2) is 72.0 Å². The number of hydrogen-bond donors (Lipinski definition) is 1. The maximum absolute atomic E-state index is 12.0. The molecule has 1 N–H and O–H groups in total. The summed E-state index contributed by atoms with van der Waals surface area (Å²) in [5.41, 5.74) is 4.23. The number of benzene rings is 2. The average molecular weight is 289 g/mol. The zero-order valence-corrected chi connectivity index (χ0v) is 11.9. The second-order valence-corrected chi connectivity index (χ2v) is 4.86. The smallest absolute Gasteiger partial charge is 0.244 e. The second kappa shape index (κ2) is 6.63. The summed E-state index contributed by atoms with van der Waals surface area (Å²) in [6.45, 7) is 0. The first-order valence-electron chi connectivity index (χ1n) is 7.02. The Bertz CT molecular complexity index is 807. The molecule has 3 aromatic rings. The van der Waals surface area contributed by atoms with Crippen LogP contribution in [0.3, 0.4) is 0 Å². The maximum Gasteiger partial charge on any atom is 0.244 e. The fourth-order valence-corrected chi connectivity index (χ4v) is 2.28. The third kappa shape index (κ3) is 3.35. The van der Waals surface area contributed by atoms with Crippen LogP contribution in [0.2, 0.25) is 0 Å². The van der Waals surface area contributed by atoms with E-state index in [4.69, 9.17) is 0 Å². The highest BCUT2D eigenvalue weighted by molar-refractivity contribution is 5.90. The molecule has 3 rings (SSSR count). The van der Waals surface area contributed by atoms with Crippen LogP contribution in [0.5, 0.6) is 0 Å². The average Bonchev–Trinajstić information content (AvgIpc) is 2.56. The van der Waals surface area contributed by atoms with E-state index in [1.807, 2.05) is 60.7 Å². The molecule has 4 nitrogen and oxygen atoms in total. The van der Waals surface area contributed by atoms with Crippen molar-refractivity contribution in [2.24, 2.45) is 5.10 Å². The quantitative estimate of drug-likeness (QED) is 0.593. The van der Waals surface area contributed by atoms with Gasteiger partial charge < -0.3 is 0 Å². The molecule has 0 fully saturated rings. The first-order chi connectivity index (χ1) is 10.8. The van der Waals surface area contributed by atoms with Crippen molar-refractivity contribution in [3.63, 3.8) is 0 Å². The molecule has 0 spiro atoms. The van der Waals surface area contributed by atoms with Crippen molar-refractivity contribution < 1.29 is 4.79 Å². The van der Waals surface area contributed by atoms with Crippen LogP contribution >= 0.6 is 0 Å². The number of pyridine rings is 1. The van der Waals surface area contributed by atoms with Crippen molar-refractivity contribution in [2.75, 3.05) is 0 Å². The molecule has 0 aliphatic heterocycles. The Labute approximate surface area is 128 Å². The van der Waals surface area contributed by atoms with Gasteiger partial charge in [-0.15, -0.1) is 0 Å². The summed E-state index contributed by atoms with van der Waals surface area (Å²) in [4.78, 5) is 16.1. The normalized spacial score (nSPS) is 10.9. The summed E-state index contributed by atoms with van der Waals surface area (Å²) in [6.07, 6.45) is 3.50. The Hall–Kier alpha value is -3.01. The summed E-state index contributed by atoms with van der Waals surface area (Å²) in [6, 6.07) is 19.5. The first-order valence-corrected chi connectivity index (χ1v) is 7.02. The van der Waals surface area contributed by atoms with E-state index in [0.29, 0.717) is 12.1 Å². The molecule has 4 heteroatoms. The van der Waals surface area contributed by atoms with E-state index in [2.05, 4.69) is 15.5 Å². The molecule has 0 aliphatic carbocycles. The molecule has 0 aliphatic rings. The van der Waals surface area contributed by atoms with Crippen LogP contribution in [-0.2, 0) is 11.2 Å². The van der Waals surface area contributed by atoms with Crippen molar-refractivity contribution in [3.05, 3.63) is 78.1 Å². The lowest BCUT2D eigenvalue weighted by Crippen LogP contribution is -2.20. The minimum absolute atomic E-state index is 0.150. The van der Waals surface area contributed by atoms with Gasteiger partial charge in [-0.05, 0) is 28.5 Å². The Balaban J connectivity index is 1.67. The van der Waals surface area contributed by atoms with Crippen molar-refractivity contribution in [1.82, 2.24) is 10.4 Å². The van der Waals surface area contributed by atoms with Crippen molar-refractivity contribution in [2.45, 2.75) is 6.42 Å². The standard InChI is InChI=1S/C18H15N3O/c22-18(21-20-13-16-9-3-4-11-19-16)12-15-8-5-7-14-6-1-2-10-17(14)15/h1-11,13H,12H2,(H,21,22). The lowest BCUT2D eigenvalue weighted by atomic mass is 10.0. The van der Waals surface area contributed by atoms with Gasteiger partial charge in [0.1, 0.15) is 0 Å². The minimum atomic E-state index is -0.150. The summed E-state index contributed by atoms with van der Waals surface area (Å²) >= 11 is 0. The first kappa shape index (κ1) is 13.9. The molecule has 0 radical (unpaired) electrons. The molecule has 108 valence electrons. The maximum atomic E-state index is 12.0. The largest absolute Gasteiger partial charge is 0.273 e. The molecule has 22 heavy (non-hydrogen) atoms. The van der Waals surface area contributed by atoms with Gasteiger partial charge in [-0.3, -0.25) is 9.78 Å². The lowest BCUT2D eigenvalue weighted by Gasteiger charge is -2.05. The van der Waals surface area contributed by atoms with Gasteiger partial charge in [0.15, 0.2) is 0 Å². The fraction of sp³-hybridized carbons (Fsp3) is 0.0556. The van der Waals surface area contributed by atoms with E-state index in [-0.39, 0.29) is 5.91 Å². The van der Waals surface area contributed by atoms with Gasteiger partial charge in [-0.1, -0.05) is 48.5 Å². The van der Waals surface area contributed by atoms with Crippen LogP contribution in [0.4, 0.5) is 0 Å². The van der Waals surface area contributed by atoms with Gasteiger partial charge in [0.2, 0.25) is 5.91 Å². The third-order valence-electron chi connectivity index (χ3n) is 3.30. The van der Waals surface area contributed by atoms with Crippen LogP contribution in [0.1, 0.15) is 11.3 Å². The zero-order chi connectivity index (χ0) is 15.2. The number of carbonyl (C=O) groups is 1. The van der Waals surface area contributed by atoms with Gasteiger partial charge >= 0.3 is 0 Å². The van der Waals surface area contributed by atoms with Crippen molar-refractivity contribution in [3.8, 4) is 0 Å². The summed E-state index contributed by atoms with van der Waals surface area (Å²) in [7, 11) is 0. The number of carbonyl (C=O) groups excluding carboxylic acids is 1. The van der Waals surface area contributed by atoms with Crippen molar-refractivity contribution in [1.29, 1.82) is 0 Å². The number of rotatable bonds is 4. The Kier molecular flexibility index (Phi) is 4.20. The van der Waals surface area contributed by atoms with E-state index in [0.717, 1.165) is 16.3 Å². The van der Waals surface area contributed by atoms with Crippen molar-refractivity contribution >= 4 is 22.9 Å². The summed E-state index contributed by atoms with van der Waals surface area (Å²) < 4.78 is 0. The number of nitrogens with zero attached hydrogens (tertiary/aromatic N) is 2. The van der Waals surface area contributed by atoms with E-state index in [1.165, 1.54) is 6.21 Å². The molecule has 1 amide bonds. The molecule has 0 bridgehead atoms. The van der Waals surface area contributed by atoms with Gasteiger partial charge in [-0.2, -0.15) is 5.10 Å². The van der Waals surface area contributed by atoms with Gasteiger partial charge in [0.25, 0.3) is 0 Å². The Morgan fingerprint density at radius 2 is 1.86 bits per heavy atom. The lowest BCUT2D eigenvalue weighted by molar-refractivity contribution is -0.120. The topological polar surface area (TPSA) is 54.4 Å². The third-order valence-corrected chi connectivity index (χ3v) is 3.30. The SMILES string of the molecule is O=C(Cc1cccc2ccccc12)NN=Cc1ccccn1. The molecule has 0 saturated carbocycles. The highest BCUT2D eigenvalue weighted by Gasteiger charge is 2.05. The molecular formula is C18H15N3O. The predicted octanol–water partition coefficient (Wildman–Crippen LogP) is 2.93. The van der Waals surface area contributed by atoms with E-state index in [1.54, 1.807) is 6.20 Å². The molecular weight excluding hydrogens is 274 g/mol. The molecule has 2 aromatic carbocycles. The van der Waals surface area contributed by atoms with E-state index in [9.17, 15) is 4.79 Å². The van der Waals surface area contributed by atoms with Gasteiger partial charge in [0.05, 0.1) is 18.3 Å². The second-order valence-electron chi connectivity index (χ2n) is 4.86. The molecule has 1 aromatic heterocycles. The van der Waals surface area contributed by atoms with Gasteiger partial charge in [0, 0.05) is 6.20 Å². The number of nitrogens with one attached hydrogen (secondary N) is 1. The molecule has 0 atom stereocenters. The highest BCUT2D eigenvalue weighted by atomic mass is 16.2. The molecule has 0 saturated heterocycles. The summed E-state index contributed by atoms with van der Waals surface area (Å²) in [5.74, 6) is -0.150. The van der Waals surface area contributed by atoms with E-state index < -0.39 is 0 Å². The number of aromatic nitrogens is 1. The number of fused-ring (bicyclic) bond motifs is 1. The van der Waals surface area contributed by atoms with Crippen LogP contribution in [0.25, 0.3) is 10.8 Å². The Morgan fingerprint density at radius 3 is 2.73 bits per heavy atom. The fourth-order valence-electron chi connectivity index (χ4n) is 2.28. The van der Waals surface area contributed by atoms with Crippen LogP contribution in [0, 0.1) is 0 Å². The highest BCUT2D eigenvalue weighted by Crippen LogP contribution is 2.18. The Morgan fingerprint density at radius 1 is 1.05 bits per heavy atom. The molecule has 1 heterocycles. The zero-order valence-electron chi connectivity index (χ0n) is 11.9. The number of amides is 1. The summed E-state index contributed by atoms with van der Waals surface area (Å²) in [5, 5.41) is 6.15. The predicted molar refractivity (Wildman–Crippen MR) is 87.6 cm³/mol. The van der Waals surface area contributed by atoms with Crippen LogP contribution in [-0.4, -0.2) is 17.1 Å². The monoisotopic (exact) mass is 289 g/mol.